The fourth-order valence-corrected chi connectivity index (χ4v) is 2.15. The third-order valence-electron chi connectivity index (χ3n) is 2.51. The van der Waals surface area contributed by atoms with Gasteiger partial charge in [-0.25, -0.2) is 4.79 Å². The first-order valence-corrected chi connectivity index (χ1v) is 7.55. The number of halogens is 1. The minimum absolute atomic E-state index is 0.00471. The third-order valence-corrected chi connectivity index (χ3v) is 3.14. The number of hydrogen-bond acceptors (Lipinski definition) is 5. The van der Waals surface area contributed by atoms with E-state index < -0.39 is 16.6 Å². The summed E-state index contributed by atoms with van der Waals surface area (Å²) in [5.41, 5.74) is 0.185. The number of nitro benzene ring substituents is 1. The molecule has 0 aliphatic rings. The molecule has 8 heteroatoms. The van der Waals surface area contributed by atoms with E-state index in [-0.39, 0.29) is 11.7 Å². The van der Waals surface area contributed by atoms with E-state index in [1.807, 2.05) is 6.92 Å². The lowest BCUT2D eigenvalue weighted by atomic mass is 10.2. The van der Waals surface area contributed by atoms with Crippen molar-refractivity contribution >= 4 is 33.4 Å². The van der Waals surface area contributed by atoms with Gasteiger partial charge in [0.15, 0.2) is 0 Å². The number of nitrogens with zero attached hydrogens (tertiary/aromatic N) is 1. The molecule has 0 saturated heterocycles. The molecule has 122 valence electrons. The van der Waals surface area contributed by atoms with Gasteiger partial charge in [0.25, 0.3) is 5.69 Å². The monoisotopic (exact) mass is 373 g/mol. The smallest absolute Gasteiger partial charge is 0.407 e. The average molecular weight is 374 g/mol. The zero-order valence-corrected chi connectivity index (χ0v) is 14.6. The minimum atomic E-state index is -0.538. The van der Waals surface area contributed by atoms with Crippen LogP contribution >= 0.6 is 15.9 Å². The number of ether oxygens (including phenoxy) is 1. The molecule has 0 bridgehead atoms. The van der Waals surface area contributed by atoms with E-state index in [1.54, 1.807) is 32.9 Å². The molecule has 0 spiro atoms. The maximum atomic E-state index is 11.5. The van der Waals surface area contributed by atoms with E-state index in [4.69, 9.17) is 4.74 Å². The van der Waals surface area contributed by atoms with Crippen molar-refractivity contribution in [2.45, 2.75) is 39.3 Å². The molecule has 1 amide bonds. The summed E-state index contributed by atoms with van der Waals surface area (Å²) in [5, 5.41) is 16.5. The standard InChI is InChI=1S/C14H20BrN3O4/c1-9(8-16-13(19)22-14(2,3)4)17-10-5-6-12(18(20)21)11(15)7-10/h5-7,9,17H,8H2,1-4H3,(H,16,19). The summed E-state index contributed by atoms with van der Waals surface area (Å²) in [6.07, 6.45) is -0.481. The first kappa shape index (κ1) is 18.2. The molecular formula is C14H20BrN3O4. The van der Waals surface area contributed by atoms with Gasteiger partial charge in [-0.3, -0.25) is 10.1 Å². The highest BCUT2D eigenvalue weighted by Gasteiger charge is 2.17. The topological polar surface area (TPSA) is 93.5 Å². The minimum Gasteiger partial charge on any atom is -0.444 e. The molecule has 1 atom stereocenters. The second-order valence-corrected chi connectivity index (χ2v) is 6.71. The first-order chi connectivity index (χ1) is 10.1. The number of amides is 1. The van der Waals surface area contributed by atoms with Gasteiger partial charge in [0.2, 0.25) is 0 Å². The third kappa shape index (κ3) is 6.30. The molecule has 0 heterocycles. The van der Waals surface area contributed by atoms with Crippen molar-refractivity contribution in [3.63, 3.8) is 0 Å². The van der Waals surface area contributed by atoms with Crippen LogP contribution in [0.3, 0.4) is 0 Å². The number of hydrogen-bond donors (Lipinski definition) is 2. The van der Waals surface area contributed by atoms with Crippen LogP contribution in [0, 0.1) is 10.1 Å². The van der Waals surface area contributed by atoms with E-state index in [2.05, 4.69) is 26.6 Å². The maximum absolute atomic E-state index is 11.5. The maximum Gasteiger partial charge on any atom is 0.407 e. The van der Waals surface area contributed by atoms with Crippen LogP contribution in [0.5, 0.6) is 0 Å². The fraction of sp³-hybridized carbons (Fsp3) is 0.500. The molecule has 1 aromatic carbocycles. The largest absolute Gasteiger partial charge is 0.444 e. The molecule has 0 aromatic heterocycles. The molecule has 0 aliphatic heterocycles. The number of anilines is 1. The molecule has 7 nitrogen and oxygen atoms in total. The summed E-state index contributed by atoms with van der Waals surface area (Å²) in [7, 11) is 0. The average Bonchev–Trinajstić information content (AvgIpc) is 2.34. The van der Waals surface area contributed by atoms with Crippen molar-refractivity contribution in [2.24, 2.45) is 0 Å². The molecule has 2 N–H and O–H groups in total. The van der Waals surface area contributed by atoms with Gasteiger partial charge in [-0.15, -0.1) is 0 Å². The van der Waals surface area contributed by atoms with Crippen LogP contribution in [0.25, 0.3) is 0 Å². The highest BCUT2D eigenvalue weighted by molar-refractivity contribution is 9.10. The van der Waals surface area contributed by atoms with Crippen LogP contribution in [0.1, 0.15) is 27.7 Å². The van der Waals surface area contributed by atoms with E-state index in [0.29, 0.717) is 11.0 Å². The summed E-state index contributed by atoms with van der Waals surface area (Å²) in [4.78, 5) is 21.8. The van der Waals surface area contributed by atoms with E-state index in [9.17, 15) is 14.9 Å². The molecule has 0 saturated carbocycles. The van der Waals surface area contributed by atoms with E-state index in [0.717, 1.165) is 5.69 Å². The van der Waals surface area contributed by atoms with Crippen LogP contribution in [-0.2, 0) is 4.74 Å². The predicted octanol–water partition coefficient (Wildman–Crippen LogP) is 3.68. The molecule has 0 fully saturated rings. The summed E-state index contributed by atoms with van der Waals surface area (Å²) < 4.78 is 5.54. The molecular weight excluding hydrogens is 354 g/mol. The van der Waals surface area contributed by atoms with Gasteiger partial charge in [0.1, 0.15) is 5.60 Å². The number of nitro groups is 1. The van der Waals surface area contributed by atoms with Gasteiger partial charge in [-0.2, -0.15) is 0 Å². The molecule has 1 rings (SSSR count). The summed E-state index contributed by atoms with van der Waals surface area (Å²) in [5.74, 6) is 0. The van der Waals surface area contributed by atoms with Crippen LogP contribution in [-0.4, -0.2) is 29.2 Å². The number of carbonyl (C=O) groups excluding carboxylic acids is 1. The number of carbonyl (C=O) groups is 1. The van der Waals surface area contributed by atoms with Gasteiger partial charge in [-0.05, 0) is 55.8 Å². The Hall–Kier alpha value is -1.83. The fourth-order valence-electron chi connectivity index (χ4n) is 1.63. The van der Waals surface area contributed by atoms with Crippen molar-refractivity contribution in [3.8, 4) is 0 Å². The molecule has 0 aliphatic carbocycles. The van der Waals surface area contributed by atoms with Crippen molar-refractivity contribution < 1.29 is 14.5 Å². The quantitative estimate of drug-likeness (QED) is 0.606. The Labute approximate surface area is 137 Å². The normalized spacial score (nSPS) is 12.4. The Balaban J connectivity index is 2.52. The summed E-state index contributed by atoms with van der Waals surface area (Å²) in [6, 6.07) is 4.59. The Morgan fingerprint density at radius 1 is 1.45 bits per heavy atom. The Bertz CT molecular complexity index is 558. The Morgan fingerprint density at radius 2 is 2.09 bits per heavy atom. The van der Waals surface area contributed by atoms with Gasteiger partial charge in [0, 0.05) is 24.3 Å². The number of benzene rings is 1. The predicted molar refractivity (Wildman–Crippen MR) is 88.1 cm³/mol. The van der Waals surface area contributed by atoms with Crippen molar-refractivity contribution in [2.75, 3.05) is 11.9 Å². The zero-order chi connectivity index (χ0) is 16.9. The summed E-state index contributed by atoms with van der Waals surface area (Å²) >= 11 is 3.16. The SMILES string of the molecule is CC(CNC(=O)OC(C)(C)C)Nc1ccc([N+](=O)[O-])c(Br)c1. The van der Waals surface area contributed by atoms with Gasteiger partial charge < -0.3 is 15.4 Å². The van der Waals surface area contributed by atoms with Crippen LogP contribution in [0.4, 0.5) is 16.2 Å². The van der Waals surface area contributed by atoms with Gasteiger partial charge >= 0.3 is 6.09 Å². The van der Waals surface area contributed by atoms with Crippen LogP contribution in [0.15, 0.2) is 22.7 Å². The second-order valence-electron chi connectivity index (χ2n) is 5.85. The lowest BCUT2D eigenvalue weighted by Gasteiger charge is -2.21. The molecule has 1 unspecified atom stereocenters. The molecule has 22 heavy (non-hydrogen) atoms. The zero-order valence-electron chi connectivity index (χ0n) is 13.0. The van der Waals surface area contributed by atoms with E-state index in [1.165, 1.54) is 6.07 Å². The number of alkyl carbamates (subject to hydrolysis) is 1. The lowest BCUT2D eigenvalue weighted by Crippen LogP contribution is -2.38. The number of rotatable bonds is 5. The molecule has 1 aromatic rings. The van der Waals surface area contributed by atoms with E-state index >= 15 is 0 Å². The summed E-state index contributed by atoms with van der Waals surface area (Å²) in [6.45, 7) is 7.63. The Kier molecular flexibility index (Phi) is 6.16. The highest BCUT2D eigenvalue weighted by Crippen LogP contribution is 2.27. The Morgan fingerprint density at radius 3 is 2.59 bits per heavy atom. The van der Waals surface area contributed by atoms with Crippen molar-refractivity contribution in [3.05, 3.63) is 32.8 Å². The van der Waals surface area contributed by atoms with Gasteiger partial charge in [-0.1, -0.05) is 0 Å². The lowest BCUT2D eigenvalue weighted by molar-refractivity contribution is -0.385. The second kappa shape index (κ2) is 7.44. The number of nitrogens with one attached hydrogen (secondary N) is 2. The highest BCUT2D eigenvalue weighted by atomic mass is 79.9. The van der Waals surface area contributed by atoms with Crippen molar-refractivity contribution in [1.29, 1.82) is 0 Å². The first-order valence-electron chi connectivity index (χ1n) is 6.76. The van der Waals surface area contributed by atoms with Crippen LogP contribution < -0.4 is 10.6 Å². The van der Waals surface area contributed by atoms with Crippen molar-refractivity contribution in [1.82, 2.24) is 5.32 Å². The van der Waals surface area contributed by atoms with Crippen LogP contribution in [0.2, 0.25) is 0 Å². The molecule has 0 radical (unpaired) electrons. The van der Waals surface area contributed by atoms with Gasteiger partial charge in [0.05, 0.1) is 9.40 Å².